The standard InChI is InChI=1S/C70H52N2O4/c1-39(2)49-27-29-53-51-17-9-13-21-59(51)75-69(53)67(49)71(57-19-11-7-15-41(57)5)47-25-23-43-35-55-63(37-45(43)33-47)73-61-31-32-62-66(65(55)61)56-36-44-24-26-48(34-46(44)38-64(56)74-62)72(58-20-12-8-16-42(58)6)68-50(40(3)4)28-30-54-52-18-10-14-22-60(52)76-70(54)68/h7-40H,1-6H3. The largest absolute Gasteiger partial charge is 0.456 e. The number of anilines is 6. The molecule has 0 aliphatic heterocycles. The lowest BCUT2D eigenvalue weighted by atomic mass is 9.96. The van der Waals surface area contributed by atoms with Gasteiger partial charge in [0.05, 0.1) is 11.4 Å². The Bertz CT molecular complexity index is 4580. The van der Waals surface area contributed by atoms with Crippen molar-refractivity contribution in [2.45, 2.75) is 53.4 Å². The number of rotatable bonds is 8. The number of nitrogens with zero attached hydrogens (tertiary/aromatic N) is 2. The third-order valence-corrected chi connectivity index (χ3v) is 16.0. The number of furan rings is 4. The van der Waals surface area contributed by atoms with Crippen molar-refractivity contribution >= 4 is 143 Å². The molecule has 366 valence electrons. The van der Waals surface area contributed by atoms with Crippen LogP contribution in [0.15, 0.2) is 212 Å². The fourth-order valence-electron chi connectivity index (χ4n) is 12.3. The Morgan fingerprint density at radius 1 is 0.316 bits per heavy atom. The van der Waals surface area contributed by atoms with Crippen LogP contribution in [0.25, 0.3) is 109 Å². The summed E-state index contributed by atoms with van der Waals surface area (Å²) in [7, 11) is 0. The Morgan fingerprint density at radius 2 is 0.737 bits per heavy atom. The molecule has 0 aliphatic carbocycles. The minimum absolute atomic E-state index is 0.240. The van der Waals surface area contributed by atoms with Crippen molar-refractivity contribution in [3.05, 3.63) is 216 Å². The SMILES string of the molecule is Cc1ccccc1N(c1ccc2cc3c(cc2c1)oc1ccc2oc4cc5cc(N(c6ccccc6C)c6c(C(C)C)ccc7c6oc6ccccc67)ccc5cc4c2c13)c1c(C(C)C)ccc2c1oc1ccccc12. The molecule has 0 radical (unpaired) electrons. The Balaban J connectivity index is 0.888. The summed E-state index contributed by atoms with van der Waals surface area (Å²) in [5.74, 6) is 0.479. The van der Waals surface area contributed by atoms with E-state index in [0.29, 0.717) is 0 Å². The minimum atomic E-state index is 0.240. The molecule has 0 spiro atoms. The Labute approximate surface area is 438 Å². The highest BCUT2D eigenvalue weighted by Gasteiger charge is 2.28. The van der Waals surface area contributed by atoms with E-state index in [4.69, 9.17) is 17.7 Å². The quantitative estimate of drug-likeness (QED) is 0.151. The molecule has 76 heavy (non-hydrogen) atoms. The fraction of sp³-hybridized carbons (Fsp3) is 0.114. The summed E-state index contributed by atoms with van der Waals surface area (Å²) in [5.41, 5.74) is 18.0. The first-order valence-corrected chi connectivity index (χ1v) is 26.4. The maximum Gasteiger partial charge on any atom is 0.159 e. The molecular weight excluding hydrogens is 933 g/mol. The number of hydrogen-bond acceptors (Lipinski definition) is 6. The van der Waals surface area contributed by atoms with Gasteiger partial charge < -0.3 is 27.5 Å². The van der Waals surface area contributed by atoms with Gasteiger partial charge in [-0.3, -0.25) is 0 Å². The summed E-state index contributed by atoms with van der Waals surface area (Å²) in [5, 5.41) is 13.1. The first-order chi connectivity index (χ1) is 37.1. The minimum Gasteiger partial charge on any atom is -0.456 e. The maximum absolute atomic E-state index is 6.83. The number of para-hydroxylation sites is 4. The summed E-state index contributed by atoms with van der Waals surface area (Å²) < 4.78 is 27.3. The number of aryl methyl sites for hydroxylation is 2. The summed E-state index contributed by atoms with van der Waals surface area (Å²) >= 11 is 0. The first-order valence-electron chi connectivity index (χ1n) is 26.4. The van der Waals surface area contributed by atoms with Gasteiger partial charge in [0.2, 0.25) is 0 Å². The molecule has 0 N–H and O–H groups in total. The maximum atomic E-state index is 6.83. The molecule has 4 aromatic heterocycles. The fourth-order valence-corrected chi connectivity index (χ4v) is 12.3. The molecule has 0 saturated heterocycles. The Hall–Kier alpha value is -9.26. The monoisotopic (exact) mass is 984 g/mol. The van der Waals surface area contributed by atoms with Crippen LogP contribution in [0.3, 0.4) is 0 Å². The second-order valence-electron chi connectivity index (χ2n) is 21.3. The van der Waals surface area contributed by atoms with Crippen LogP contribution in [-0.2, 0) is 0 Å². The number of hydrogen-bond donors (Lipinski definition) is 0. The smallest absolute Gasteiger partial charge is 0.159 e. The van der Waals surface area contributed by atoms with Gasteiger partial charge in [0.15, 0.2) is 11.2 Å². The van der Waals surface area contributed by atoms with Gasteiger partial charge in [-0.15, -0.1) is 0 Å². The van der Waals surface area contributed by atoms with E-state index in [2.05, 4.69) is 233 Å². The third kappa shape index (κ3) is 6.59. The molecule has 6 nitrogen and oxygen atoms in total. The van der Waals surface area contributed by atoms with E-state index in [1.807, 2.05) is 12.1 Å². The van der Waals surface area contributed by atoms with Crippen LogP contribution in [0.2, 0.25) is 0 Å². The predicted molar refractivity (Wildman–Crippen MR) is 318 cm³/mol. The van der Waals surface area contributed by atoms with Gasteiger partial charge in [-0.1, -0.05) is 137 Å². The molecule has 0 bridgehead atoms. The van der Waals surface area contributed by atoms with Crippen LogP contribution in [-0.4, -0.2) is 0 Å². The normalized spacial score (nSPS) is 12.3. The van der Waals surface area contributed by atoms with Crippen molar-refractivity contribution in [1.82, 2.24) is 0 Å². The molecule has 0 unspecified atom stereocenters. The zero-order valence-electron chi connectivity index (χ0n) is 43.2. The number of fused-ring (bicyclic) bond motifs is 15. The molecule has 6 heteroatoms. The van der Waals surface area contributed by atoms with Crippen molar-refractivity contribution in [3.8, 4) is 0 Å². The first kappa shape index (κ1) is 44.2. The van der Waals surface area contributed by atoms with Crippen LogP contribution in [0.1, 0.15) is 61.8 Å². The van der Waals surface area contributed by atoms with Gasteiger partial charge in [-0.25, -0.2) is 0 Å². The van der Waals surface area contributed by atoms with Crippen LogP contribution < -0.4 is 9.80 Å². The molecule has 0 aliphatic rings. The lowest BCUT2D eigenvalue weighted by molar-refractivity contribution is 0.663. The molecule has 0 amide bonds. The predicted octanol–water partition coefficient (Wildman–Crippen LogP) is 21.4. The van der Waals surface area contributed by atoms with Crippen LogP contribution in [0.4, 0.5) is 34.1 Å². The van der Waals surface area contributed by atoms with E-state index >= 15 is 0 Å². The van der Waals surface area contributed by atoms with E-state index in [0.717, 1.165) is 143 Å². The van der Waals surface area contributed by atoms with E-state index in [1.54, 1.807) is 0 Å². The van der Waals surface area contributed by atoms with Crippen LogP contribution in [0, 0.1) is 13.8 Å². The van der Waals surface area contributed by atoms with Crippen molar-refractivity contribution < 1.29 is 17.7 Å². The van der Waals surface area contributed by atoms with E-state index in [9.17, 15) is 0 Å². The van der Waals surface area contributed by atoms with Crippen molar-refractivity contribution in [1.29, 1.82) is 0 Å². The zero-order chi connectivity index (χ0) is 51.1. The van der Waals surface area contributed by atoms with Crippen molar-refractivity contribution in [2.75, 3.05) is 9.80 Å². The number of benzene rings is 11. The van der Waals surface area contributed by atoms with Crippen molar-refractivity contribution in [3.63, 3.8) is 0 Å². The van der Waals surface area contributed by atoms with Gasteiger partial charge in [0.1, 0.15) is 33.5 Å². The topological polar surface area (TPSA) is 59.0 Å². The molecule has 15 aromatic rings. The van der Waals surface area contributed by atoms with E-state index < -0.39 is 0 Å². The van der Waals surface area contributed by atoms with Crippen LogP contribution in [0.5, 0.6) is 0 Å². The lowest BCUT2D eigenvalue weighted by Crippen LogP contribution is -2.14. The molecule has 15 rings (SSSR count). The van der Waals surface area contributed by atoms with Gasteiger partial charge in [0.25, 0.3) is 0 Å². The summed E-state index contributed by atoms with van der Waals surface area (Å²) in [6, 6.07) is 69.6. The molecule has 4 heterocycles. The lowest BCUT2D eigenvalue weighted by Gasteiger charge is -2.30. The highest BCUT2D eigenvalue weighted by Crippen LogP contribution is 2.51. The molecule has 11 aromatic carbocycles. The van der Waals surface area contributed by atoms with Crippen LogP contribution >= 0.6 is 0 Å². The average molecular weight is 985 g/mol. The van der Waals surface area contributed by atoms with Gasteiger partial charge in [-0.2, -0.15) is 0 Å². The zero-order valence-corrected chi connectivity index (χ0v) is 43.2. The second kappa shape index (κ2) is 16.6. The van der Waals surface area contributed by atoms with Crippen molar-refractivity contribution in [2.24, 2.45) is 0 Å². The summed E-state index contributed by atoms with van der Waals surface area (Å²) in [6.07, 6.45) is 0. The van der Waals surface area contributed by atoms with E-state index in [-0.39, 0.29) is 11.8 Å². The highest BCUT2D eigenvalue weighted by molar-refractivity contribution is 6.28. The average Bonchev–Trinajstić information content (AvgIpc) is 4.32. The van der Waals surface area contributed by atoms with Gasteiger partial charge >= 0.3 is 0 Å². The highest BCUT2D eigenvalue weighted by atomic mass is 16.3. The van der Waals surface area contributed by atoms with Gasteiger partial charge in [0, 0.05) is 65.8 Å². The molecule has 0 atom stereocenters. The second-order valence-corrected chi connectivity index (χ2v) is 21.3. The molecular formula is C70H52N2O4. The Morgan fingerprint density at radius 3 is 1.17 bits per heavy atom. The van der Waals surface area contributed by atoms with Gasteiger partial charge in [-0.05, 0) is 154 Å². The molecule has 0 fully saturated rings. The van der Waals surface area contributed by atoms with E-state index in [1.165, 1.54) is 22.3 Å². The molecule has 0 saturated carbocycles. The Kier molecular flexibility index (Phi) is 9.68. The summed E-state index contributed by atoms with van der Waals surface area (Å²) in [6.45, 7) is 13.4. The third-order valence-electron chi connectivity index (χ3n) is 16.0. The summed E-state index contributed by atoms with van der Waals surface area (Å²) in [4.78, 5) is 4.80.